The molecule has 0 aromatic heterocycles. The lowest BCUT2D eigenvalue weighted by atomic mass is 10.1. The molecule has 0 spiro atoms. The molecular weight excluding hydrogens is 290 g/mol. The second-order valence-electron chi connectivity index (χ2n) is 5.72. The van der Waals surface area contributed by atoms with Gasteiger partial charge in [0.15, 0.2) is 5.78 Å². The fraction of sp³-hybridized carbons (Fsp3) is 0.500. The van der Waals surface area contributed by atoms with Crippen LogP contribution in [0, 0.1) is 5.41 Å². The smallest absolute Gasteiger partial charge is 0.220 e. The summed E-state index contributed by atoms with van der Waals surface area (Å²) < 4.78 is 0. The van der Waals surface area contributed by atoms with Crippen LogP contribution in [0.3, 0.4) is 0 Å². The van der Waals surface area contributed by atoms with E-state index in [0.717, 1.165) is 12.8 Å². The summed E-state index contributed by atoms with van der Waals surface area (Å²) in [7, 11) is 0. The number of amides is 1. The molecule has 2 rings (SSSR count). The van der Waals surface area contributed by atoms with Crippen LogP contribution in [0.4, 0.5) is 0 Å². The van der Waals surface area contributed by atoms with Gasteiger partial charge in [0, 0.05) is 35.4 Å². The van der Waals surface area contributed by atoms with Crippen LogP contribution >= 0.6 is 11.6 Å². The molecule has 5 heteroatoms. The van der Waals surface area contributed by atoms with Gasteiger partial charge in [0.25, 0.3) is 0 Å². The highest BCUT2D eigenvalue weighted by atomic mass is 35.5. The van der Waals surface area contributed by atoms with Crippen molar-refractivity contribution in [1.82, 2.24) is 5.32 Å². The summed E-state index contributed by atoms with van der Waals surface area (Å²) in [4.78, 5) is 23.6. The second-order valence-corrected chi connectivity index (χ2v) is 6.15. The number of benzene rings is 1. The van der Waals surface area contributed by atoms with Gasteiger partial charge in [-0.3, -0.25) is 9.59 Å². The minimum atomic E-state index is -0.0746. The molecule has 0 unspecified atom stereocenters. The first-order chi connectivity index (χ1) is 10.0. The molecule has 1 saturated carbocycles. The standard InChI is InChI=1S/C16H20ClNO3/c17-13-6-4-12(5-7-13)14(20)2-1-3-15(21)18-10-16(11-19)8-9-16/h4-7,19H,1-3,8-11H2,(H,18,21). The van der Waals surface area contributed by atoms with Gasteiger partial charge in [-0.25, -0.2) is 0 Å². The summed E-state index contributed by atoms with van der Waals surface area (Å²) in [5.41, 5.74) is 0.548. The van der Waals surface area contributed by atoms with Crippen molar-refractivity contribution >= 4 is 23.3 Å². The van der Waals surface area contributed by atoms with Crippen molar-refractivity contribution in [2.45, 2.75) is 32.1 Å². The van der Waals surface area contributed by atoms with Crippen LogP contribution in [-0.2, 0) is 4.79 Å². The number of ketones is 1. The minimum absolute atomic E-state index is 0.0217. The fourth-order valence-corrected chi connectivity index (χ4v) is 2.26. The molecule has 0 saturated heterocycles. The summed E-state index contributed by atoms with van der Waals surface area (Å²) >= 11 is 5.77. The van der Waals surface area contributed by atoms with Crippen molar-refractivity contribution in [3.8, 4) is 0 Å². The first-order valence-electron chi connectivity index (χ1n) is 7.21. The molecular formula is C16H20ClNO3. The predicted octanol–water partition coefficient (Wildman–Crippen LogP) is 2.58. The molecule has 0 radical (unpaired) electrons. The first-order valence-corrected chi connectivity index (χ1v) is 7.59. The van der Waals surface area contributed by atoms with Crippen LogP contribution in [0.15, 0.2) is 24.3 Å². The average molecular weight is 310 g/mol. The van der Waals surface area contributed by atoms with E-state index in [1.807, 2.05) is 0 Å². The van der Waals surface area contributed by atoms with Crippen LogP contribution in [0.2, 0.25) is 5.02 Å². The number of nitrogens with one attached hydrogen (secondary N) is 1. The normalized spacial score (nSPS) is 15.5. The third-order valence-corrected chi connectivity index (χ3v) is 4.18. The van der Waals surface area contributed by atoms with Gasteiger partial charge in [-0.1, -0.05) is 11.6 Å². The number of carbonyl (C=O) groups excluding carboxylic acids is 2. The molecule has 1 aliphatic carbocycles. The molecule has 1 fully saturated rings. The zero-order chi connectivity index (χ0) is 15.3. The third-order valence-electron chi connectivity index (χ3n) is 3.93. The van der Waals surface area contributed by atoms with Crippen LogP contribution < -0.4 is 5.32 Å². The Morgan fingerprint density at radius 3 is 2.43 bits per heavy atom. The van der Waals surface area contributed by atoms with Gasteiger partial charge in [0.05, 0.1) is 6.61 Å². The lowest BCUT2D eigenvalue weighted by Crippen LogP contribution is -2.31. The quantitative estimate of drug-likeness (QED) is 0.725. The summed E-state index contributed by atoms with van der Waals surface area (Å²) in [5, 5.41) is 12.6. The second kappa shape index (κ2) is 7.05. The molecule has 0 atom stereocenters. The van der Waals surface area contributed by atoms with Crippen molar-refractivity contribution in [3.05, 3.63) is 34.9 Å². The highest BCUT2D eigenvalue weighted by molar-refractivity contribution is 6.30. The van der Waals surface area contributed by atoms with Crippen molar-refractivity contribution in [2.75, 3.05) is 13.2 Å². The zero-order valence-corrected chi connectivity index (χ0v) is 12.7. The summed E-state index contributed by atoms with van der Waals surface area (Å²) in [6, 6.07) is 6.77. The maximum atomic E-state index is 11.9. The highest BCUT2D eigenvalue weighted by Crippen LogP contribution is 2.44. The topological polar surface area (TPSA) is 66.4 Å². The molecule has 0 aliphatic heterocycles. The number of rotatable bonds is 8. The Labute approximate surface area is 129 Å². The Morgan fingerprint density at radius 1 is 1.19 bits per heavy atom. The van der Waals surface area contributed by atoms with E-state index < -0.39 is 0 Å². The summed E-state index contributed by atoms with van der Waals surface area (Å²) in [5.74, 6) is -0.0351. The number of carbonyl (C=O) groups is 2. The van der Waals surface area contributed by atoms with E-state index >= 15 is 0 Å². The lowest BCUT2D eigenvalue weighted by molar-refractivity contribution is -0.121. The van der Waals surface area contributed by atoms with E-state index in [4.69, 9.17) is 16.7 Å². The van der Waals surface area contributed by atoms with E-state index in [2.05, 4.69) is 5.32 Å². The van der Waals surface area contributed by atoms with Crippen LogP contribution in [0.1, 0.15) is 42.5 Å². The largest absolute Gasteiger partial charge is 0.396 e. The maximum Gasteiger partial charge on any atom is 0.220 e. The Balaban J connectivity index is 1.65. The fourth-order valence-electron chi connectivity index (χ4n) is 2.13. The average Bonchev–Trinajstić information content (AvgIpc) is 3.26. The first kappa shape index (κ1) is 16.0. The number of aliphatic hydroxyl groups excluding tert-OH is 1. The Hall–Kier alpha value is -1.39. The molecule has 1 aromatic rings. The Morgan fingerprint density at radius 2 is 1.86 bits per heavy atom. The number of hydrogen-bond acceptors (Lipinski definition) is 3. The van der Waals surface area contributed by atoms with Gasteiger partial charge >= 0.3 is 0 Å². The molecule has 1 aromatic carbocycles. The van der Waals surface area contributed by atoms with Gasteiger partial charge in [-0.05, 0) is 43.5 Å². The number of Topliss-reactive ketones (excluding diaryl/α,β-unsaturated/α-hetero) is 1. The molecule has 114 valence electrons. The predicted molar refractivity (Wildman–Crippen MR) is 81.4 cm³/mol. The van der Waals surface area contributed by atoms with E-state index in [1.165, 1.54) is 0 Å². The third kappa shape index (κ3) is 4.83. The highest BCUT2D eigenvalue weighted by Gasteiger charge is 2.41. The van der Waals surface area contributed by atoms with Crippen molar-refractivity contribution < 1.29 is 14.7 Å². The Bertz CT molecular complexity index is 509. The van der Waals surface area contributed by atoms with Crippen molar-refractivity contribution in [1.29, 1.82) is 0 Å². The number of aliphatic hydroxyl groups is 1. The van der Waals surface area contributed by atoms with Gasteiger partial charge in [0.1, 0.15) is 0 Å². The molecule has 2 N–H and O–H groups in total. The van der Waals surface area contributed by atoms with E-state index in [1.54, 1.807) is 24.3 Å². The molecule has 21 heavy (non-hydrogen) atoms. The minimum Gasteiger partial charge on any atom is -0.396 e. The van der Waals surface area contributed by atoms with Gasteiger partial charge in [-0.15, -0.1) is 0 Å². The van der Waals surface area contributed by atoms with Gasteiger partial charge in [0.2, 0.25) is 5.91 Å². The van der Waals surface area contributed by atoms with Gasteiger partial charge < -0.3 is 10.4 Å². The summed E-state index contributed by atoms with van der Waals surface area (Å²) in [6.45, 7) is 0.662. The molecule has 0 bridgehead atoms. The SMILES string of the molecule is O=C(CCCC(=O)c1ccc(Cl)cc1)NCC1(CO)CC1. The van der Waals surface area contributed by atoms with E-state index in [9.17, 15) is 9.59 Å². The van der Waals surface area contributed by atoms with Crippen molar-refractivity contribution in [3.63, 3.8) is 0 Å². The van der Waals surface area contributed by atoms with E-state index in [-0.39, 0.29) is 23.7 Å². The molecule has 0 heterocycles. The molecule has 4 nitrogen and oxygen atoms in total. The zero-order valence-electron chi connectivity index (χ0n) is 11.9. The molecule has 1 aliphatic rings. The monoisotopic (exact) mass is 309 g/mol. The van der Waals surface area contributed by atoms with Crippen LogP contribution in [0.25, 0.3) is 0 Å². The van der Waals surface area contributed by atoms with Gasteiger partial charge in [-0.2, -0.15) is 0 Å². The van der Waals surface area contributed by atoms with Crippen molar-refractivity contribution in [2.24, 2.45) is 5.41 Å². The lowest BCUT2D eigenvalue weighted by Gasteiger charge is -2.12. The number of halogens is 1. The van der Waals surface area contributed by atoms with Crippen LogP contribution in [-0.4, -0.2) is 29.9 Å². The van der Waals surface area contributed by atoms with Crippen LogP contribution in [0.5, 0.6) is 0 Å². The maximum absolute atomic E-state index is 11.9. The number of hydrogen-bond donors (Lipinski definition) is 2. The Kier molecular flexibility index (Phi) is 5.37. The van der Waals surface area contributed by atoms with E-state index in [0.29, 0.717) is 36.4 Å². The molecule has 1 amide bonds. The summed E-state index contributed by atoms with van der Waals surface area (Å²) in [6.07, 6.45) is 3.15.